The Hall–Kier alpha value is -2.83. The maximum absolute atomic E-state index is 12.3. The molecule has 0 aliphatic heterocycles. The van der Waals surface area contributed by atoms with Gasteiger partial charge in [0.25, 0.3) is 0 Å². The Bertz CT molecular complexity index is 936. The molecule has 32 heavy (non-hydrogen) atoms. The molecule has 0 spiro atoms. The molecule has 0 bridgehead atoms. The van der Waals surface area contributed by atoms with Gasteiger partial charge in [-0.2, -0.15) is 4.98 Å². The molecule has 1 fully saturated rings. The molecule has 7 nitrogen and oxygen atoms in total. The van der Waals surface area contributed by atoms with Crippen LogP contribution in [0.3, 0.4) is 0 Å². The maximum Gasteiger partial charge on any atom is 0.315 e. The molecule has 1 aromatic heterocycles. The Kier molecular flexibility index (Phi) is 7.12. The average Bonchev–Trinajstić information content (AvgIpc) is 2.78. The summed E-state index contributed by atoms with van der Waals surface area (Å²) in [6, 6.07) is 8.69. The monoisotopic (exact) mass is 436 g/mol. The van der Waals surface area contributed by atoms with Crippen LogP contribution in [0.4, 0.5) is 16.6 Å². The van der Waals surface area contributed by atoms with Gasteiger partial charge in [0.15, 0.2) is 0 Å². The summed E-state index contributed by atoms with van der Waals surface area (Å²) in [5.41, 5.74) is 4.85. The number of urea groups is 1. The van der Waals surface area contributed by atoms with Gasteiger partial charge in [0.05, 0.1) is 5.69 Å². The number of rotatable bonds is 6. The van der Waals surface area contributed by atoms with E-state index in [1.165, 1.54) is 29.7 Å². The number of nitrogens with one attached hydrogen (secondary N) is 3. The van der Waals surface area contributed by atoms with Gasteiger partial charge in [-0.05, 0) is 63.9 Å². The predicted molar refractivity (Wildman–Crippen MR) is 129 cm³/mol. The second-order valence-electron chi connectivity index (χ2n) is 9.41. The van der Waals surface area contributed by atoms with Crippen LogP contribution < -0.4 is 20.9 Å². The molecular formula is C25H36N6O. The highest BCUT2D eigenvalue weighted by atomic mass is 16.2. The van der Waals surface area contributed by atoms with Crippen molar-refractivity contribution in [2.24, 2.45) is 0 Å². The van der Waals surface area contributed by atoms with Gasteiger partial charge in [-0.15, -0.1) is 0 Å². The van der Waals surface area contributed by atoms with Gasteiger partial charge in [0.2, 0.25) is 5.95 Å². The Labute approximate surface area is 191 Å². The topological polar surface area (TPSA) is 82.2 Å². The molecule has 172 valence electrons. The minimum Gasteiger partial charge on any atom is -0.362 e. The number of hydrogen-bond acceptors (Lipinski definition) is 5. The van der Waals surface area contributed by atoms with Crippen LogP contribution in [0.2, 0.25) is 0 Å². The normalized spacial score (nSPS) is 20.2. The van der Waals surface area contributed by atoms with E-state index in [1.807, 2.05) is 12.1 Å². The summed E-state index contributed by atoms with van der Waals surface area (Å²) in [6.07, 6.45) is 8.47. The first-order valence-corrected chi connectivity index (χ1v) is 11.9. The molecule has 1 saturated carbocycles. The molecule has 3 N–H and O–H groups in total. The minimum absolute atomic E-state index is 0.0865. The zero-order valence-corrected chi connectivity index (χ0v) is 19.6. The van der Waals surface area contributed by atoms with Crippen molar-refractivity contribution in [2.75, 3.05) is 24.3 Å². The number of hydrogen-bond donors (Lipinski definition) is 3. The Morgan fingerprint density at radius 2 is 1.81 bits per heavy atom. The van der Waals surface area contributed by atoms with E-state index in [0.29, 0.717) is 12.6 Å². The van der Waals surface area contributed by atoms with Crippen LogP contribution in [0.25, 0.3) is 0 Å². The van der Waals surface area contributed by atoms with Crippen LogP contribution in [-0.4, -0.2) is 42.2 Å². The predicted octanol–water partition coefficient (Wildman–Crippen LogP) is 3.95. The first-order chi connectivity index (χ1) is 15.5. The van der Waals surface area contributed by atoms with Crippen LogP contribution in [0.5, 0.6) is 0 Å². The number of fused-ring (bicyclic) bond motifs is 1. The largest absolute Gasteiger partial charge is 0.362 e. The SMILES string of the molecule is Cc1cccc(CNC(=O)N[C@H]2CC[C@@H](Nc3nc4c(c(N(C)C)n3)CCCC4)CC2)c1. The van der Waals surface area contributed by atoms with E-state index >= 15 is 0 Å². The molecule has 2 amide bonds. The number of nitrogens with zero attached hydrogens (tertiary/aromatic N) is 3. The summed E-state index contributed by atoms with van der Waals surface area (Å²) in [6.45, 7) is 2.61. The second-order valence-corrected chi connectivity index (χ2v) is 9.41. The van der Waals surface area contributed by atoms with Gasteiger partial charge in [-0.25, -0.2) is 9.78 Å². The fourth-order valence-corrected chi connectivity index (χ4v) is 4.81. The van der Waals surface area contributed by atoms with Crippen molar-refractivity contribution in [3.05, 3.63) is 46.6 Å². The average molecular weight is 437 g/mol. The number of anilines is 2. The smallest absolute Gasteiger partial charge is 0.315 e. The molecule has 0 radical (unpaired) electrons. The van der Waals surface area contributed by atoms with E-state index in [0.717, 1.165) is 55.9 Å². The van der Waals surface area contributed by atoms with Gasteiger partial charge in [-0.3, -0.25) is 0 Å². The van der Waals surface area contributed by atoms with E-state index in [1.54, 1.807) is 0 Å². The lowest BCUT2D eigenvalue weighted by molar-refractivity contribution is 0.231. The van der Waals surface area contributed by atoms with Gasteiger partial charge in [-0.1, -0.05) is 29.8 Å². The second kappa shape index (κ2) is 10.2. The fraction of sp³-hybridized carbons (Fsp3) is 0.560. The summed E-state index contributed by atoms with van der Waals surface area (Å²) in [7, 11) is 4.11. The van der Waals surface area contributed by atoms with Crippen LogP contribution >= 0.6 is 0 Å². The summed E-state index contributed by atoms with van der Waals surface area (Å²) in [5.74, 6) is 1.81. The Balaban J connectivity index is 1.26. The van der Waals surface area contributed by atoms with Gasteiger partial charge in [0.1, 0.15) is 5.82 Å². The molecule has 0 saturated heterocycles. The summed E-state index contributed by atoms with van der Waals surface area (Å²) in [4.78, 5) is 24.1. The number of carbonyl (C=O) groups excluding carboxylic acids is 1. The van der Waals surface area contributed by atoms with Gasteiger partial charge >= 0.3 is 6.03 Å². The molecule has 1 aromatic carbocycles. The summed E-state index contributed by atoms with van der Waals surface area (Å²) in [5, 5.41) is 9.69. The highest BCUT2D eigenvalue weighted by molar-refractivity contribution is 5.74. The van der Waals surface area contributed by atoms with Crippen molar-refractivity contribution >= 4 is 17.8 Å². The lowest BCUT2D eigenvalue weighted by Crippen LogP contribution is -2.44. The fourth-order valence-electron chi connectivity index (χ4n) is 4.81. The molecular weight excluding hydrogens is 400 g/mol. The lowest BCUT2D eigenvalue weighted by atomic mass is 9.91. The van der Waals surface area contributed by atoms with Crippen LogP contribution in [0.1, 0.15) is 60.9 Å². The van der Waals surface area contributed by atoms with Gasteiger partial charge < -0.3 is 20.9 Å². The van der Waals surface area contributed by atoms with E-state index < -0.39 is 0 Å². The molecule has 0 unspecified atom stereocenters. The third-order valence-corrected chi connectivity index (χ3v) is 6.52. The van der Waals surface area contributed by atoms with Crippen molar-refractivity contribution in [3.8, 4) is 0 Å². The molecule has 2 aromatic rings. The zero-order chi connectivity index (χ0) is 22.5. The van der Waals surface area contributed by atoms with E-state index in [-0.39, 0.29) is 12.1 Å². The van der Waals surface area contributed by atoms with E-state index in [4.69, 9.17) is 9.97 Å². The van der Waals surface area contributed by atoms with Crippen molar-refractivity contribution in [2.45, 2.75) is 76.9 Å². The highest BCUT2D eigenvalue weighted by Crippen LogP contribution is 2.29. The Morgan fingerprint density at radius 3 is 2.56 bits per heavy atom. The first-order valence-electron chi connectivity index (χ1n) is 11.9. The number of aromatic nitrogens is 2. The third kappa shape index (κ3) is 5.69. The van der Waals surface area contributed by atoms with Gasteiger partial charge in [0, 0.05) is 38.3 Å². The summed E-state index contributed by atoms with van der Waals surface area (Å²) < 4.78 is 0. The quantitative estimate of drug-likeness (QED) is 0.639. The molecule has 2 aliphatic carbocycles. The van der Waals surface area contributed by atoms with Crippen molar-refractivity contribution in [1.29, 1.82) is 0 Å². The minimum atomic E-state index is -0.0865. The number of amides is 2. The molecule has 4 rings (SSSR count). The highest BCUT2D eigenvalue weighted by Gasteiger charge is 2.24. The van der Waals surface area contributed by atoms with E-state index in [9.17, 15) is 4.79 Å². The molecule has 2 aliphatic rings. The molecule has 1 heterocycles. The summed E-state index contributed by atoms with van der Waals surface area (Å²) >= 11 is 0. The standard InChI is InChI=1S/C25H36N6O/c1-17-7-6-8-18(15-17)16-26-25(32)28-20-13-11-19(12-14-20)27-24-29-22-10-5-4-9-21(22)23(30-24)31(2)3/h6-8,15,19-20H,4-5,9-14,16H2,1-3H3,(H2,26,28,32)(H,27,29,30)/t19-,20+. The number of aryl methyl sites for hydroxylation is 2. The van der Waals surface area contributed by atoms with Crippen molar-refractivity contribution in [3.63, 3.8) is 0 Å². The molecule has 0 atom stereocenters. The van der Waals surface area contributed by atoms with Crippen LogP contribution in [-0.2, 0) is 19.4 Å². The van der Waals surface area contributed by atoms with Crippen LogP contribution in [0.15, 0.2) is 24.3 Å². The Morgan fingerprint density at radius 1 is 1.06 bits per heavy atom. The lowest BCUT2D eigenvalue weighted by Gasteiger charge is -2.30. The van der Waals surface area contributed by atoms with Crippen molar-refractivity contribution in [1.82, 2.24) is 20.6 Å². The molecule has 7 heteroatoms. The number of carbonyl (C=O) groups is 1. The first kappa shape index (κ1) is 22.4. The van der Waals surface area contributed by atoms with Crippen LogP contribution in [0, 0.1) is 6.92 Å². The number of benzene rings is 1. The van der Waals surface area contributed by atoms with E-state index in [2.05, 4.69) is 54.0 Å². The third-order valence-electron chi connectivity index (χ3n) is 6.52. The maximum atomic E-state index is 12.3. The van der Waals surface area contributed by atoms with Crippen molar-refractivity contribution < 1.29 is 4.79 Å². The zero-order valence-electron chi connectivity index (χ0n) is 19.6.